The van der Waals surface area contributed by atoms with Gasteiger partial charge in [0.05, 0.1) is 11.3 Å². The van der Waals surface area contributed by atoms with E-state index in [-0.39, 0.29) is 5.56 Å². The molecule has 0 amide bonds. The lowest BCUT2D eigenvalue weighted by molar-refractivity contribution is -0.0887. The number of hydrogen-bond donors (Lipinski definition) is 1. The molecule has 0 fully saturated rings. The highest BCUT2D eigenvalue weighted by atomic mass is 19.4. The van der Waals surface area contributed by atoms with Gasteiger partial charge in [0.2, 0.25) is 0 Å². The fraction of sp³-hybridized carbons (Fsp3) is 0.143. The standard InChI is InChI=1S/C7H3F3N2O/c8-7(9,10)6(13)5-1-4(2-11)3-12-5/h1,3,12H. The van der Waals surface area contributed by atoms with E-state index in [1.54, 1.807) is 6.07 Å². The summed E-state index contributed by atoms with van der Waals surface area (Å²) in [6.45, 7) is 0. The van der Waals surface area contributed by atoms with E-state index in [2.05, 4.69) is 4.98 Å². The van der Waals surface area contributed by atoms with Gasteiger partial charge in [0.15, 0.2) is 0 Å². The topological polar surface area (TPSA) is 56.6 Å². The third kappa shape index (κ3) is 1.87. The zero-order chi connectivity index (χ0) is 10.1. The smallest absolute Gasteiger partial charge is 0.357 e. The van der Waals surface area contributed by atoms with Gasteiger partial charge >= 0.3 is 6.18 Å². The fourth-order valence-electron chi connectivity index (χ4n) is 0.743. The molecule has 0 aliphatic heterocycles. The molecule has 6 heteroatoms. The van der Waals surface area contributed by atoms with E-state index in [1.807, 2.05) is 0 Å². The van der Waals surface area contributed by atoms with Crippen molar-refractivity contribution in [3.63, 3.8) is 0 Å². The van der Waals surface area contributed by atoms with Gasteiger partial charge in [-0.2, -0.15) is 18.4 Å². The highest BCUT2D eigenvalue weighted by Crippen LogP contribution is 2.20. The van der Waals surface area contributed by atoms with Crippen LogP contribution in [0.3, 0.4) is 0 Å². The van der Waals surface area contributed by atoms with Crippen LogP contribution in [0.2, 0.25) is 0 Å². The van der Waals surface area contributed by atoms with E-state index in [4.69, 9.17) is 5.26 Å². The molecule has 1 N–H and O–H groups in total. The minimum atomic E-state index is -4.91. The molecule has 0 aromatic carbocycles. The number of aromatic nitrogens is 1. The maximum atomic E-state index is 11.8. The number of carbonyl (C=O) groups excluding carboxylic acids is 1. The molecule has 1 heterocycles. The van der Waals surface area contributed by atoms with Crippen LogP contribution in [0.15, 0.2) is 12.3 Å². The fourth-order valence-corrected chi connectivity index (χ4v) is 0.743. The van der Waals surface area contributed by atoms with Crippen molar-refractivity contribution in [1.29, 1.82) is 5.26 Å². The lowest BCUT2D eigenvalue weighted by atomic mass is 10.2. The highest BCUT2D eigenvalue weighted by molar-refractivity contribution is 5.98. The third-order valence-electron chi connectivity index (χ3n) is 1.31. The Kier molecular flexibility index (Phi) is 2.10. The van der Waals surface area contributed by atoms with Crippen molar-refractivity contribution >= 4 is 5.78 Å². The summed E-state index contributed by atoms with van der Waals surface area (Å²) in [6.07, 6.45) is -3.86. The van der Waals surface area contributed by atoms with Crippen molar-refractivity contribution in [2.24, 2.45) is 0 Å². The summed E-state index contributed by atoms with van der Waals surface area (Å²) in [4.78, 5) is 12.6. The molecule has 68 valence electrons. The molecular weight excluding hydrogens is 185 g/mol. The number of hydrogen-bond acceptors (Lipinski definition) is 2. The molecule has 13 heavy (non-hydrogen) atoms. The van der Waals surface area contributed by atoms with Gasteiger partial charge < -0.3 is 4.98 Å². The minimum absolute atomic E-state index is 0.00685. The van der Waals surface area contributed by atoms with Crippen LogP contribution < -0.4 is 0 Å². The molecule has 0 unspecified atom stereocenters. The van der Waals surface area contributed by atoms with E-state index in [9.17, 15) is 18.0 Å². The Hall–Kier alpha value is -1.77. The van der Waals surface area contributed by atoms with Crippen LogP contribution in [-0.2, 0) is 0 Å². The first-order valence-corrected chi connectivity index (χ1v) is 3.15. The summed E-state index contributed by atoms with van der Waals surface area (Å²) in [5, 5.41) is 8.27. The quantitative estimate of drug-likeness (QED) is 0.681. The number of nitrogens with one attached hydrogen (secondary N) is 1. The van der Waals surface area contributed by atoms with Crippen LogP contribution in [0, 0.1) is 11.3 Å². The molecule has 1 aromatic heterocycles. The van der Waals surface area contributed by atoms with Gasteiger partial charge in [-0.25, -0.2) is 0 Å². The largest absolute Gasteiger partial charge is 0.456 e. The number of nitrogens with zero attached hydrogens (tertiary/aromatic N) is 1. The average Bonchev–Trinajstić information content (AvgIpc) is 2.48. The van der Waals surface area contributed by atoms with Crippen LogP contribution >= 0.6 is 0 Å². The maximum Gasteiger partial charge on any atom is 0.456 e. The zero-order valence-corrected chi connectivity index (χ0v) is 6.14. The van der Waals surface area contributed by atoms with Crippen molar-refractivity contribution in [1.82, 2.24) is 4.98 Å². The van der Waals surface area contributed by atoms with Gasteiger partial charge in [0.25, 0.3) is 5.78 Å². The van der Waals surface area contributed by atoms with Crippen molar-refractivity contribution in [3.05, 3.63) is 23.5 Å². The Balaban J connectivity index is 2.98. The van der Waals surface area contributed by atoms with Crippen molar-refractivity contribution in [2.45, 2.75) is 6.18 Å². The molecule has 0 saturated carbocycles. The second-order valence-corrected chi connectivity index (χ2v) is 2.24. The summed E-state index contributed by atoms with van der Waals surface area (Å²) >= 11 is 0. The number of Topliss-reactive ketones (excluding diaryl/α,β-unsaturated/α-hetero) is 1. The lowest BCUT2D eigenvalue weighted by Gasteiger charge is -2.01. The van der Waals surface area contributed by atoms with Crippen molar-refractivity contribution < 1.29 is 18.0 Å². The van der Waals surface area contributed by atoms with Crippen LogP contribution in [0.25, 0.3) is 0 Å². The number of aromatic amines is 1. The average molecular weight is 188 g/mol. The molecule has 0 atom stereocenters. The van der Waals surface area contributed by atoms with Gasteiger partial charge in [-0.15, -0.1) is 0 Å². The molecule has 1 aromatic rings. The predicted molar refractivity (Wildman–Crippen MR) is 35.9 cm³/mol. The number of nitriles is 1. The molecule has 3 nitrogen and oxygen atoms in total. The SMILES string of the molecule is N#Cc1c[nH]c(C(=O)C(F)(F)F)c1. The Bertz CT molecular complexity index is 372. The summed E-state index contributed by atoms with van der Waals surface area (Å²) in [7, 11) is 0. The number of rotatable bonds is 1. The highest BCUT2D eigenvalue weighted by Gasteiger charge is 2.40. The zero-order valence-electron chi connectivity index (χ0n) is 6.14. The summed E-state index contributed by atoms with van der Waals surface area (Å²) < 4.78 is 35.4. The predicted octanol–water partition coefficient (Wildman–Crippen LogP) is 1.63. The van der Waals surface area contributed by atoms with Crippen molar-refractivity contribution in [2.75, 3.05) is 0 Å². The molecule has 1 rings (SSSR count). The lowest BCUT2D eigenvalue weighted by Crippen LogP contribution is -2.22. The van der Waals surface area contributed by atoms with Gasteiger partial charge in [-0.1, -0.05) is 0 Å². The summed E-state index contributed by atoms with van der Waals surface area (Å²) in [6, 6.07) is 2.46. The van der Waals surface area contributed by atoms with Crippen LogP contribution in [0.4, 0.5) is 13.2 Å². The Labute approximate surface area is 70.8 Å². The van der Waals surface area contributed by atoms with Crippen LogP contribution in [0.1, 0.15) is 16.1 Å². The number of carbonyl (C=O) groups is 1. The van der Waals surface area contributed by atoms with Gasteiger partial charge in [-0.05, 0) is 6.07 Å². The number of halogens is 3. The Morgan fingerprint density at radius 2 is 2.15 bits per heavy atom. The molecular formula is C7H3F3N2O. The van der Waals surface area contributed by atoms with E-state index in [0.29, 0.717) is 0 Å². The second-order valence-electron chi connectivity index (χ2n) is 2.24. The first-order chi connectivity index (χ1) is 5.95. The van der Waals surface area contributed by atoms with E-state index in [1.165, 1.54) is 0 Å². The van der Waals surface area contributed by atoms with Crippen LogP contribution in [0.5, 0.6) is 0 Å². The number of alkyl halides is 3. The first-order valence-electron chi connectivity index (χ1n) is 3.15. The molecule has 0 saturated heterocycles. The molecule has 0 aliphatic rings. The normalized spacial score (nSPS) is 10.9. The van der Waals surface area contributed by atoms with Gasteiger partial charge in [0.1, 0.15) is 6.07 Å². The van der Waals surface area contributed by atoms with E-state index >= 15 is 0 Å². The van der Waals surface area contributed by atoms with Gasteiger partial charge in [0, 0.05) is 6.20 Å². The van der Waals surface area contributed by atoms with E-state index in [0.717, 1.165) is 12.3 Å². The third-order valence-corrected chi connectivity index (χ3v) is 1.31. The first kappa shape index (κ1) is 9.32. The Morgan fingerprint density at radius 1 is 1.54 bits per heavy atom. The van der Waals surface area contributed by atoms with Gasteiger partial charge in [-0.3, -0.25) is 4.79 Å². The molecule has 0 aliphatic carbocycles. The Morgan fingerprint density at radius 3 is 2.54 bits per heavy atom. The molecule has 0 spiro atoms. The number of H-pyrrole nitrogens is 1. The minimum Gasteiger partial charge on any atom is -0.357 e. The van der Waals surface area contributed by atoms with E-state index < -0.39 is 17.7 Å². The second kappa shape index (κ2) is 2.94. The number of ketones is 1. The monoisotopic (exact) mass is 188 g/mol. The summed E-state index contributed by atoms with van der Waals surface area (Å²) in [5.74, 6) is -1.98. The molecule has 0 bridgehead atoms. The molecule has 0 radical (unpaired) electrons. The maximum absolute atomic E-state index is 11.8. The van der Waals surface area contributed by atoms with Crippen LogP contribution in [-0.4, -0.2) is 16.9 Å². The van der Waals surface area contributed by atoms with Crippen molar-refractivity contribution in [3.8, 4) is 6.07 Å². The summed E-state index contributed by atoms with van der Waals surface area (Å²) in [5.41, 5.74) is -0.628.